The number of thiazole rings is 1. The van der Waals surface area contributed by atoms with E-state index in [1.807, 2.05) is 24.3 Å². The van der Waals surface area contributed by atoms with Crippen molar-refractivity contribution < 1.29 is 0 Å². The molecule has 20 heavy (non-hydrogen) atoms. The second-order valence-corrected chi connectivity index (χ2v) is 4.83. The SMILES string of the molecule is Nc1csc(NN=Cc2ccccc2-c2ncc[nH]2)n1. The highest BCUT2D eigenvalue weighted by atomic mass is 32.1. The van der Waals surface area contributed by atoms with Crippen LogP contribution >= 0.6 is 11.3 Å². The van der Waals surface area contributed by atoms with Gasteiger partial charge < -0.3 is 10.7 Å². The van der Waals surface area contributed by atoms with Gasteiger partial charge in [0.2, 0.25) is 5.13 Å². The van der Waals surface area contributed by atoms with E-state index >= 15 is 0 Å². The lowest BCUT2D eigenvalue weighted by Gasteiger charge is -2.02. The molecule has 0 saturated carbocycles. The van der Waals surface area contributed by atoms with Crippen LogP contribution in [0.5, 0.6) is 0 Å². The highest BCUT2D eigenvalue weighted by Gasteiger charge is 2.04. The van der Waals surface area contributed by atoms with Crippen molar-refractivity contribution in [2.24, 2.45) is 5.10 Å². The third kappa shape index (κ3) is 2.67. The summed E-state index contributed by atoms with van der Waals surface area (Å²) in [5, 5.41) is 6.59. The van der Waals surface area contributed by atoms with Gasteiger partial charge in [-0.1, -0.05) is 24.3 Å². The third-order valence-corrected chi connectivity index (χ3v) is 3.37. The first kappa shape index (κ1) is 12.4. The number of nitrogen functional groups attached to an aromatic ring is 1. The predicted molar refractivity (Wildman–Crippen MR) is 81.8 cm³/mol. The molecular formula is C13H12N6S. The van der Waals surface area contributed by atoms with Crippen molar-refractivity contribution in [3.8, 4) is 11.4 Å². The zero-order valence-electron chi connectivity index (χ0n) is 10.4. The number of H-pyrrole nitrogens is 1. The third-order valence-electron chi connectivity index (χ3n) is 2.60. The molecule has 0 aliphatic rings. The summed E-state index contributed by atoms with van der Waals surface area (Å²) in [6.07, 6.45) is 5.25. The average Bonchev–Trinajstić information content (AvgIpc) is 3.11. The largest absolute Gasteiger partial charge is 0.383 e. The molecule has 2 heterocycles. The molecular weight excluding hydrogens is 272 g/mol. The van der Waals surface area contributed by atoms with Crippen molar-refractivity contribution in [3.05, 3.63) is 47.6 Å². The Bertz CT molecular complexity index is 716. The van der Waals surface area contributed by atoms with Crippen LogP contribution in [0.3, 0.4) is 0 Å². The highest BCUT2D eigenvalue weighted by molar-refractivity contribution is 7.14. The molecule has 6 nitrogen and oxygen atoms in total. The number of benzene rings is 1. The lowest BCUT2D eigenvalue weighted by atomic mass is 10.1. The van der Waals surface area contributed by atoms with E-state index in [0.717, 1.165) is 17.0 Å². The standard InChI is InChI=1S/C13H12N6S/c14-11-8-20-13(18-11)19-17-7-9-3-1-2-4-10(9)12-15-5-6-16-12/h1-8H,14H2,(H,15,16)(H,18,19). The van der Waals surface area contributed by atoms with Crippen LogP contribution < -0.4 is 11.2 Å². The Morgan fingerprint density at radius 3 is 3.00 bits per heavy atom. The summed E-state index contributed by atoms with van der Waals surface area (Å²) < 4.78 is 0. The van der Waals surface area contributed by atoms with E-state index in [0.29, 0.717) is 10.9 Å². The number of hydrogen-bond acceptors (Lipinski definition) is 6. The number of imidazole rings is 1. The molecule has 0 radical (unpaired) electrons. The number of anilines is 2. The van der Waals surface area contributed by atoms with Crippen LogP contribution in [0.2, 0.25) is 0 Å². The van der Waals surface area contributed by atoms with Crippen LogP contribution in [0, 0.1) is 0 Å². The van der Waals surface area contributed by atoms with Crippen LogP contribution in [0.1, 0.15) is 5.56 Å². The smallest absolute Gasteiger partial charge is 0.205 e. The van der Waals surface area contributed by atoms with Crippen molar-refractivity contribution in [2.45, 2.75) is 0 Å². The Kier molecular flexibility index (Phi) is 3.42. The fraction of sp³-hybridized carbons (Fsp3) is 0. The van der Waals surface area contributed by atoms with Gasteiger partial charge in [0.05, 0.1) is 6.21 Å². The Morgan fingerprint density at radius 1 is 1.35 bits per heavy atom. The average molecular weight is 284 g/mol. The number of nitrogens with zero attached hydrogens (tertiary/aromatic N) is 3. The Labute approximate surface area is 119 Å². The fourth-order valence-corrected chi connectivity index (χ4v) is 2.28. The number of hydrazone groups is 1. The molecule has 1 aromatic carbocycles. The summed E-state index contributed by atoms with van der Waals surface area (Å²) in [6, 6.07) is 7.88. The van der Waals surface area contributed by atoms with Gasteiger partial charge in [0.15, 0.2) is 0 Å². The molecule has 0 saturated heterocycles. The van der Waals surface area contributed by atoms with E-state index in [2.05, 4.69) is 25.5 Å². The van der Waals surface area contributed by atoms with Crippen molar-refractivity contribution in [1.29, 1.82) is 0 Å². The molecule has 0 aliphatic heterocycles. The Hall–Kier alpha value is -2.67. The van der Waals surface area contributed by atoms with Crippen LogP contribution in [0.25, 0.3) is 11.4 Å². The fourth-order valence-electron chi connectivity index (χ4n) is 1.73. The molecule has 0 unspecified atom stereocenters. The second kappa shape index (κ2) is 5.54. The number of aromatic nitrogens is 3. The molecule has 100 valence electrons. The van der Waals surface area contributed by atoms with Gasteiger partial charge in [0.25, 0.3) is 0 Å². The Morgan fingerprint density at radius 2 is 2.25 bits per heavy atom. The first-order valence-electron chi connectivity index (χ1n) is 5.92. The van der Waals surface area contributed by atoms with Gasteiger partial charge in [-0.2, -0.15) is 5.10 Å². The van der Waals surface area contributed by atoms with Gasteiger partial charge in [-0.05, 0) is 0 Å². The first-order chi connectivity index (χ1) is 9.83. The summed E-state index contributed by atoms with van der Waals surface area (Å²) in [6.45, 7) is 0. The minimum Gasteiger partial charge on any atom is -0.383 e. The topological polar surface area (TPSA) is 92.0 Å². The molecule has 0 bridgehead atoms. The molecule has 0 amide bonds. The van der Waals surface area contributed by atoms with Crippen LogP contribution in [-0.4, -0.2) is 21.2 Å². The summed E-state index contributed by atoms with van der Waals surface area (Å²) in [5.41, 5.74) is 10.3. The molecule has 0 atom stereocenters. The van der Waals surface area contributed by atoms with Gasteiger partial charge in [-0.15, -0.1) is 11.3 Å². The number of nitrogens with two attached hydrogens (primary N) is 1. The van der Waals surface area contributed by atoms with E-state index in [1.54, 1.807) is 24.0 Å². The van der Waals surface area contributed by atoms with Gasteiger partial charge in [-0.3, -0.25) is 5.43 Å². The van der Waals surface area contributed by atoms with Crippen molar-refractivity contribution >= 4 is 28.5 Å². The zero-order valence-corrected chi connectivity index (χ0v) is 11.3. The summed E-state index contributed by atoms with van der Waals surface area (Å²) in [5.74, 6) is 1.30. The molecule has 0 fully saturated rings. The van der Waals surface area contributed by atoms with Crippen molar-refractivity contribution in [3.63, 3.8) is 0 Å². The van der Waals surface area contributed by atoms with Crippen molar-refractivity contribution in [1.82, 2.24) is 15.0 Å². The Balaban J connectivity index is 1.80. The van der Waals surface area contributed by atoms with Crippen molar-refractivity contribution in [2.75, 3.05) is 11.2 Å². The maximum atomic E-state index is 5.54. The molecule has 3 rings (SSSR count). The normalized spacial score (nSPS) is 11.0. The minimum absolute atomic E-state index is 0.490. The van der Waals surface area contributed by atoms with E-state index < -0.39 is 0 Å². The molecule has 3 aromatic rings. The van der Waals surface area contributed by atoms with Gasteiger partial charge >= 0.3 is 0 Å². The molecule has 2 aromatic heterocycles. The van der Waals surface area contributed by atoms with Crippen LogP contribution in [0.4, 0.5) is 10.9 Å². The van der Waals surface area contributed by atoms with Gasteiger partial charge in [-0.25, -0.2) is 9.97 Å². The maximum Gasteiger partial charge on any atom is 0.205 e. The van der Waals surface area contributed by atoms with Crippen LogP contribution in [0.15, 0.2) is 47.1 Å². The van der Waals surface area contributed by atoms with E-state index in [9.17, 15) is 0 Å². The summed E-state index contributed by atoms with van der Waals surface area (Å²) >= 11 is 1.41. The minimum atomic E-state index is 0.490. The van der Waals surface area contributed by atoms with E-state index in [4.69, 9.17) is 5.73 Å². The molecule has 7 heteroatoms. The van der Waals surface area contributed by atoms with E-state index in [-0.39, 0.29) is 0 Å². The lowest BCUT2D eigenvalue weighted by Crippen LogP contribution is -1.93. The predicted octanol–water partition coefficient (Wildman–Crippen LogP) is 2.56. The molecule has 0 aliphatic carbocycles. The molecule has 4 N–H and O–H groups in total. The maximum absolute atomic E-state index is 5.54. The summed E-state index contributed by atoms with van der Waals surface area (Å²) in [4.78, 5) is 11.4. The van der Waals surface area contributed by atoms with Gasteiger partial charge in [0, 0.05) is 28.9 Å². The quantitative estimate of drug-likeness (QED) is 0.507. The van der Waals surface area contributed by atoms with Crippen LogP contribution in [-0.2, 0) is 0 Å². The van der Waals surface area contributed by atoms with E-state index in [1.165, 1.54) is 11.3 Å². The van der Waals surface area contributed by atoms with Gasteiger partial charge in [0.1, 0.15) is 11.6 Å². The monoisotopic (exact) mass is 284 g/mol. The summed E-state index contributed by atoms with van der Waals surface area (Å²) in [7, 11) is 0. The number of nitrogens with one attached hydrogen (secondary N) is 2. The highest BCUT2D eigenvalue weighted by Crippen LogP contribution is 2.19. The zero-order chi connectivity index (χ0) is 13.8. The number of aromatic amines is 1. The lowest BCUT2D eigenvalue weighted by molar-refractivity contribution is 1.28. The first-order valence-corrected chi connectivity index (χ1v) is 6.80. The molecule has 0 spiro atoms. The second-order valence-electron chi connectivity index (χ2n) is 3.97. The number of rotatable bonds is 4. The number of hydrogen-bond donors (Lipinski definition) is 3.